The standard InChI is InChI=1S/C21H20N2O3/c24-21-16-6-2-1-5-15(16)20-18(22-21)17-7-3-4-14(19(17)26-20)8-9-23-10-12-25-13-11-23/h1-7H,8-13H2,(H,22,24). The average molecular weight is 348 g/mol. The molecule has 0 atom stereocenters. The summed E-state index contributed by atoms with van der Waals surface area (Å²) in [7, 11) is 0. The number of nitrogens with one attached hydrogen (secondary N) is 1. The van der Waals surface area contributed by atoms with Gasteiger partial charge in [-0.1, -0.05) is 30.3 Å². The second-order valence-corrected chi connectivity index (χ2v) is 6.80. The molecule has 0 amide bonds. The van der Waals surface area contributed by atoms with Gasteiger partial charge < -0.3 is 14.1 Å². The first-order valence-corrected chi connectivity index (χ1v) is 9.06. The topological polar surface area (TPSA) is 58.5 Å². The van der Waals surface area contributed by atoms with E-state index in [1.54, 1.807) is 0 Å². The molecule has 2 aromatic heterocycles. The summed E-state index contributed by atoms with van der Waals surface area (Å²) in [6, 6.07) is 13.8. The van der Waals surface area contributed by atoms with Crippen molar-refractivity contribution in [3.8, 4) is 0 Å². The van der Waals surface area contributed by atoms with E-state index in [4.69, 9.17) is 9.15 Å². The Balaban J connectivity index is 1.63. The van der Waals surface area contributed by atoms with Crippen LogP contribution in [0.2, 0.25) is 0 Å². The Kier molecular flexibility index (Phi) is 3.76. The molecular weight excluding hydrogens is 328 g/mol. The van der Waals surface area contributed by atoms with E-state index >= 15 is 0 Å². The molecule has 0 radical (unpaired) electrons. The summed E-state index contributed by atoms with van der Waals surface area (Å²) in [4.78, 5) is 17.9. The van der Waals surface area contributed by atoms with E-state index in [1.165, 1.54) is 5.56 Å². The molecule has 1 aliphatic heterocycles. The number of furan rings is 1. The van der Waals surface area contributed by atoms with Crippen LogP contribution in [0.5, 0.6) is 0 Å². The van der Waals surface area contributed by atoms with Gasteiger partial charge in [0, 0.05) is 30.4 Å². The first kappa shape index (κ1) is 15.6. The molecule has 5 nitrogen and oxygen atoms in total. The number of morpholine rings is 1. The molecule has 0 unspecified atom stereocenters. The van der Waals surface area contributed by atoms with E-state index in [9.17, 15) is 4.79 Å². The lowest BCUT2D eigenvalue weighted by atomic mass is 10.1. The molecule has 3 heterocycles. The Morgan fingerprint density at radius 1 is 0.923 bits per heavy atom. The Bertz CT molecular complexity index is 1150. The molecule has 132 valence electrons. The van der Waals surface area contributed by atoms with Crippen LogP contribution in [0.4, 0.5) is 0 Å². The van der Waals surface area contributed by atoms with Gasteiger partial charge in [-0.2, -0.15) is 0 Å². The first-order valence-electron chi connectivity index (χ1n) is 9.06. The van der Waals surface area contributed by atoms with Crippen LogP contribution in [0, 0.1) is 0 Å². The Hall–Kier alpha value is -2.63. The molecule has 5 rings (SSSR count). The highest BCUT2D eigenvalue weighted by Gasteiger charge is 2.16. The van der Waals surface area contributed by atoms with Crippen LogP contribution in [-0.2, 0) is 11.2 Å². The predicted molar refractivity (Wildman–Crippen MR) is 103 cm³/mol. The van der Waals surface area contributed by atoms with E-state index < -0.39 is 0 Å². The van der Waals surface area contributed by atoms with Crippen molar-refractivity contribution < 1.29 is 9.15 Å². The van der Waals surface area contributed by atoms with Gasteiger partial charge in [0.2, 0.25) is 0 Å². The van der Waals surface area contributed by atoms with Gasteiger partial charge >= 0.3 is 0 Å². The highest BCUT2D eigenvalue weighted by molar-refractivity contribution is 6.12. The zero-order valence-electron chi connectivity index (χ0n) is 14.5. The van der Waals surface area contributed by atoms with Crippen molar-refractivity contribution in [3.05, 3.63) is 58.4 Å². The second kappa shape index (κ2) is 6.27. The van der Waals surface area contributed by atoms with Crippen LogP contribution >= 0.6 is 0 Å². The molecule has 0 bridgehead atoms. The van der Waals surface area contributed by atoms with Gasteiger partial charge in [-0.3, -0.25) is 9.69 Å². The number of rotatable bonds is 3. The third kappa shape index (κ3) is 2.52. The molecule has 1 N–H and O–H groups in total. The minimum atomic E-state index is -0.0745. The molecule has 0 spiro atoms. The van der Waals surface area contributed by atoms with Crippen molar-refractivity contribution >= 4 is 32.8 Å². The smallest absolute Gasteiger partial charge is 0.256 e. The van der Waals surface area contributed by atoms with Crippen LogP contribution in [0.3, 0.4) is 0 Å². The Morgan fingerprint density at radius 2 is 1.69 bits per heavy atom. The molecule has 0 aliphatic carbocycles. The largest absolute Gasteiger partial charge is 0.453 e. The fourth-order valence-electron chi connectivity index (χ4n) is 3.85. The molecule has 1 fully saturated rings. The highest BCUT2D eigenvalue weighted by Crippen LogP contribution is 2.32. The van der Waals surface area contributed by atoms with E-state index in [1.807, 2.05) is 36.4 Å². The maximum Gasteiger partial charge on any atom is 0.256 e. The average Bonchev–Trinajstić information content (AvgIpc) is 3.07. The Labute approximate surface area is 150 Å². The Morgan fingerprint density at radius 3 is 2.54 bits per heavy atom. The van der Waals surface area contributed by atoms with Gasteiger partial charge in [0.15, 0.2) is 5.58 Å². The predicted octanol–water partition coefficient (Wildman–Crippen LogP) is 3.30. The quantitative estimate of drug-likeness (QED) is 0.617. The van der Waals surface area contributed by atoms with Crippen molar-refractivity contribution in [2.45, 2.75) is 6.42 Å². The maximum atomic E-state index is 12.4. The summed E-state index contributed by atoms with van der Waals surface area (Å²) >= 11 is 0. The molecule has 1 saturated heterocycles. The molecule has 26 heavy (non-hydrogen) atoms. The number of ether oxygens (including phenoxy) is 1. The number of pyridine rings is 1. The summed E-state index contributed by atoms with van der Waals surface area (Å²) in [5.41, 5.74) is 3.53. The van der Waals surface area contributed by atoms with Gasteiger partial charge in [-0.25, -0.2) is 0 Å². The van der Waals surface area contributed by atoms with Gasteiger partial charge in [-0.05, 0) is 24.1 Å². The normalized spacial score (nSPS) is 16.0. The third-order valence-electron chi connectivity index (χ3n) is 5.25. The number of aromatic nitrogens is 1. The zero-order chi connectivity index (χ0) is 17.5. The van der Waals surface area contributed by atoms with Crippen molar-refractivity contribution in [3.63, 3.8) is 0 Å². The molecule has 4 aromatic rings. The number of hydrogen-bond acceptors (Lipinski definition) is 4. The minimum absolute atomic E-state index is 0.0745. The lowest BCUT2D eigenvalue weighted by Crippen LogP contribution is -2.37. The summed E-state index contributed by atoms with van der Waals surface area (Å²) in [6.07, 6.45) is 0.916. The maximum absolute atomic E-state index is 12.4. The summed E-state index contributed by atoms with van der Waals surface area (Å²) in [6.45, 7) is 4.56. The summed E-state index contributed by atoms with van der Waals surface area (Å²) in [5.74, 6) is 0. The highest BCUT2D eigenvalue weighted by atomic mass is 16.5. The molecule has 0 saturated carbocycles. The van der Waals surface area contributed by atoms with Crippen LogP contribution in [-0.4, -0.2) is 42.7 Å². The number of H-pyrrole nitrogens is 1. The van der Waals surface area contributed by atoms with Crippen LogP contribution < -0.4 is 5.56 Å². The van der Waals surface area contributed by atoms with Crippen molar-refractivity contribution in [1.29, 1.82) is 0 Å². The number of benzene rings is 2. The van der Waals surface area contributed by atoms with Crippen LogP contribution in [0.15, 0.2) is 51.7 Å². The lowest BCUT2D eigenvalue weighted by molar-refractivity contribution is 0.0384. The van der Waals surface area contributed by atoms with Gasteiger partial charge in [0.1, 0.15) is 5.58 Å². The number of hydrogen-bond donors (Lipinski definition) is 1. The number of fused-ring (bicyclic) bond motifs is 5. The fraction of sp³-hybridized carbons (Fsp3) is 0.286. The van der Waals surface area contributed by atoms with Gasteiger partial charge in [0.25, 0.3) is 5.56 Å². The zero-order valence-corrected chi connectivity index (χ0v) is 14.5. The van der Waals surface area contributed by atoms with Crippen molar-refractivity contribution in [1.82, 2.24) is 9.88 Å². The first-order chi connectivity index (χ1) is 12.8. The molecule has 1 aliphatic rings. The van der Waals surface area contributed by atoms with Crippen LogP contribution in [0.1, 0.15) is 5.56 Å². The van der Waals surface area contributed by atoms with E-state index in [-0.39, 0.29) is 5.56 Å². The second-order valence-electron chi connectivity index (χ2n) is 6.80. The molecule has 5 heteroatoms. The van der Waals surface area contributed by atoms with Gasteiger partial charge in [0.05, 0.1) is 24.1 Å². The summed E-state index contributed by atoms with van der Waals surface area (Å²) in [5, 5.41) is 2.50. The number of aromatic amines is 1. The van der Waals surface area contributed by atoms with Crippen molar-refractivity contribution in [2.75, 3.05) is 32.8 Å². The lowest BCUT2D eigenvalue weighted by Gasteiger charge is -2.26. The van der Waals surface area contributed by atoms with E-state index in [0.29, 0.717) is 5.39 Å². The minimum Gasteiger partial charge on any atom is -0.453 e. The summed E-state index contributed by atoms with van der Waals surface area (Å²) < 4.78 is 11.7. The fourth-order valence-corrected chi connectivity index (χ4v) is 3.85. The number of nitrogens with zero attached hydrogens (tertiary/aromatic N) is 1. The van der Waals surface area contributed by atoms with Crippen LogP contribution in [0.25, 0.3) is 32.8 Å². The SMILES string of the molecule is O=c1[nH]c2c3cccc(CCN4CCOCC4)c3oc2c2ccccc12. The molecule has 2 aromatic carbocycles. The van der Waals surface area contributed by atoms with Crippen molar-refractivity contribution in [2.24, 2.45) is 0 Å². The van der Waals surface area contributed by atoms with E-state index in [0.717, 1.165) is 66.7 Å². The number of para-hydroxylation sites is 1. The molecular formula is C21H20N2O3. The van der Waals surface area contributed by atoms with Gasteiger partial charge in [-0.15, -0.1) is 0 Å². The third-order valence-corrected chi connectivity index (χ3v) is 5.25. The monoisotopic (exact) mass is 348 g/mol. The van der Waals surface area contributed by atoms with E-state index in [2.05, 4.69) is 16.0 Å².